The first kappa shape index (κ1) is 13.8. The molecule has 1 aromatic carbocycles. The Hall–Kier alpha value is -1.26. The van der Waals surface area contributed by atoms with E-state index in [1.165, 1.54) is 7.11 Å². The minimum Gasteiger partial charge on any atom is -0.496 e. The number of nitrogens with one attached hydrogen (secondary N) is 1. The van der Waals surface area contributed by atoms with Crippen LogP contribution in [-0.2, 0) is 9.53 Å². The fraction of sp³-hybridized carbons (Fsp3) is 0.417. The van der Waals surface area contributed by atoms with Crippen molar-refractivity contribution in [2.24, 2.45) is 0 Å². The molecule has 0 radical (unpaired) electrons. The molecule has 0 heterocycles. The maximum Gasteiger partial charge on any atom is 0.307 e. The molecule has 0 spiro atoms. The van der Waals surface area contributed by atoms with Gasteiger partial charge >= 0.3 is 5.97 Å². The van der Waals surface area contributed by atoms with Crippen molar-refractivity contribution < 1.29 is 14.3 Å². The summed E-state index contributed by atoms with van der Waals surface area (Å²) in [7, 11) is 4.72. The summed E-state index contributed by atoms with van der Waals surface area (Å²) in [6.45, 7) is 0. The number of hydrogen-bond acceptors (Lipinski definition) is 4. The van der Waals surface area contributed by atoms with E-state index in [0.717, 1.165) is 5.56 Å². The van der Waals surface area contributed by atoms with E-state index in [-0.39, 0.29) is 18.4 Å². The van der Waals surface area contributed by atoms with Gasteiger partial charge in [0.05, 0.1) is 20.6 Å². The van der Waals surface area contributed by atoms with Gasteiger partial charge in [-0.15, -0.1) is 0 Å². The Balaban J connectivity index is 3.01. The lowest BCUT2D eigenvalue weighted by molar-refractivity contribution is -0.141. The Labute approximate surface area is 106 Å². The largest absolute Gasteiger partial charge is 0.496 e. The summed E-state index contributed by atoms with van der Waals surface area (Å²) in [6.07, 6.45) is 0.226. The highest BCUT2D eigenvalue weighted by Crippen LogP contribution is 2.30. The molecule has 0 saturated carbocycles. The molecule has 94 valence electrons. The lowest BCUT2D eigenvalue weighted by Gasteiger charge is -2.18. The molecule has 0 aliphatic rings. The third-order valence-electron chi connectivity index (χ3n) is 2.51. The number of esters is 1. The standard InChI is InChI=1S/C12H16ClNO3/c1-14-10(7-12(15)17-3)9-6-8(13)4-5-11(9)16-2/h4-6,10,14H,7H2,1-3H3. The lowest BCUT2D eigenvalue weighted by atomic mass is 10.0. The molecule has 0 fully saturated rings. The molecule has 1 aromatic rings. The number of carbonyl (C=O) groups is 1. The maximum absolute atomic E-state index is 11.3. The molecule has 4 nitrogen and oxygen atoms in total. The van der Waals surface area contributed by atoms with Crippen LogP contribution in [-0.4, -0.2) is 27.2 Å². The molecule has 0 amide bonds. The highest BCUT2D eigenvalue weighted by atomic mass is 35.5. The molecule has 0 saturated heterocycles. The SMILES string of the molecule is CNC(CC(=O)OC)c1cc(Cl)ccc1OC. The van der Waals surface area contributed by atoms with Crippen molar-refractivity contribution in [3.05, 3.63) is 28.8 Å². The van der Waals surface area contributed by atoms with E-state index >= 15 is 0 Å². The smallest absolute Gasteiger partial charge is 0.307 e. The quantitative estimate of drug-likeness (QED) is 0.822. The van der Waals surface area contributed by atoms with Gasteiger partial charge in [0.15, 0.2) is 0 Å². The molecule has 0 aliphatic heterocycles. The second-order valence-corrected chi connectivity index (χ2v) is 3.94. The van der Waals surface area contributed by atoms with Crippen LogP contribution >= 0.6 is 11.6 Å². The van der Waals surface area contributed by atoms with E-state index in [1.807, 2.05) is 0 Å². The fourth-order valence-corrected chi connectivity index (χ4v) is 1.78. The van der Waals surface area contributed by atoms with Crippen molar-refractivity contribution in [3.8, 4) is 5.75 Å². The number of carbonyl (C=O) groups excluding carboxylic acids is 1. The van der Waals surface area contributed by atoms with Gasteiger partial charge in [-0.3, -0.25) is 4.79 Å². The number of methoxy groups -OCH3 is 2. The first-order chi connectivity index (χ1) is 8.12. The van der Waals surface area contributed by atoms with Crippen molar-refractivity contribution in [1.82, 2.24) is 5.32 Å². The van der Waals surface area contributed by atoms with Gasteiger partial charge in [-0.05, 0) is 25.2 Å². The summed E-state index contributed by atoms with van der Waals surface area (Å²) in [6, 6.07) is 5.12. The Kier molecular flexibility index (Phi) is 5.25. The third-order valence-corrected chi connectivity index (χ3v) is 2.75. The average molecular weight is 258 g/mol. The zero-order valence-electron chi connectivity index (χ0n) is 10.1. The summed E-state index contributed by atoms with van der Waals surface area (Å²) in [5, 5.41) is 3.65. The highest BCUT2D eigenvalue weighted by molar-refractivity contribution is 6.30. The molecule has 0 aromatic heterocycles. The highest BCUT2D eigenvalue weighted by Gasteiger charge is 2.18. The second-order valence-electron chi connectivity index (χ2n) is 3.51. The van der Waals surface area contributed by atoms with Gasteiger partial charge in [0.25, 0.3) is 0 Å². The Morgan fingerprint density at radius 3 is 2.71 bits per heavy atom. The summed E-state index contributed by atoms with van der Waals surface area (Å²) < 4.78 is 9.90. The number of benzene rings is 1. The van der Waals surface area contributed by atoms with Crippen molar-refractivity contribution in [2.75, 3.05) is 21.3 Å². The molecule has 17 heavy (non-hydrogen) atoms. The van der Waals surface area contributed by atoms with E-state index in [4.69, 9.17) is 16.3 Å². The van der Waals surface area contributed by atoms with Gasteiger partial charge in [-0.25, -0.2) is 0 Å². The monoisotopic (exact) mass is 257 g/mol. The van der Waals surface area contributed by atoms with Crippen LogP contribution in [0.1, 0.15) is 18.0 Å². The zero-order chi connectivity index (χ0) is 12.8. The van der Waals surface area contributed by atoms with E-state index in [9.17, 15) is 4.79 Å². The molecule has 1 atom stereocenters. The van der Waals surface area contributed by atoms with Gasteiger partial charge in [0, 0.05) is 16.6 Å². The number of halogens is 1. The lowest BCUT2D eigenvalue weighted by Crippen LogP contribution is -2.21. The number of hydrogen-bond donors (Lipinski definition) is 1. The number of ether oxygens (including phenoxy) is 2. The van der Waals surface area contributed by atoms with Gasteiger partial charge in [-0.1, -0.05) is 11.6 Å². The van der Waals surface area contributed by atoms with Crippen molar-refractivity contribution in [2.45, 2.75) is 12.5 Å². The first-order valence-corrected chi connectivity index (χ1v) is 5.57. The summed E-state index contributed by atoms with van der Waals surface area (Å²) >= 11 is 5.95. The van der Waals surface area contributed by atoms with Crippen molar-refractivity contribution in [1.29, 1.82) is 0 Å². The molecular formula is C12H16ClNO3. The van der Waals surface area contributed by atoms with Gasteiger partial charge in [-0.2, -0.15) is 0 Å². The van der Waals surface area contributed by atoms with Gasteiger partial charge in [0.1, 0.15) is 5.75 Å². The molecule has 0 bridgehead atoms. The third kappa shape index (κ3) is 3.61. The minimum absolute atomic E-state index is 0.184. The van der Waals surface area contributed by atoms with Gasteiger partial charge < -0.3 is 14.8 Å². The minimum atomic E-state index is -0.286. The van der Waals surface area contributed by atoms with Crippen LogP contribution in [0.5, 0.6) is 5.75 Å². The summed E-state index contributed by atoms with van der Waals surface area (Å²) in [5.74, 6) is 0.407. The topological polar surface area (TPSA) is 47.6 Å². The Morgan fingerprint density at radius 2 is 2.18 bits per heavy atom. The fourth-order valence-electron chi connectivity index (χ4n) is 1.60. The van der Waals surface area contributed by atoms with Crippen LogP contribution in [0.3, 0.4) is 0 Å². The van der Waals surface area contributed by atoms with Crippen LogP contribution in [0, 0.1) is 0 Å². The maximum atomic E-state index is 11.3. The van der Waals surface area contributed by atoms with E-state index in [1.54, 1.807) is 32.4 Å². The van der Waals surface area contributed by atoms with E-state index < -0.39 is 0 Å². The predicted molar refractivity (Wildman–Crippen MR) is 66.4 cm³/mol. The van der Waals surface area contributed by atoms with Crippen molar-refractivity contribution in [3.63, 3.8) is 0 Å². The molecule has 0 aliphatic carbocycles. The van der Waals surface area contributed by atoms with E-state index in [0.29, 0.717) is 10.8 Å². The van der Waals surface area contributed by atoms with Gasteiger partial charge in [0.2, 0.25) is 0 Å². The predicted octanol–water partition coefficient (Wildman–Crippen LogP) is 2.17. The van der Waals surface area contributed by atoms with Crippen LogP contribution < -0.4 is 10.1 Å². The van der Waals surface area contributed by atoms with Crippen LogP contribution in [0.25, 0.3) is 0 Å². The molecule has 5 heteroatoms. The van der Waals surface area contributed by atoms with Crippen LogP contribution in [0.15, 0.2) is 18.2 Å². The van der Waals surface area contributed by atoms with Crippen LogP contribution in [0.4, 0.5) is 0 Å². The van der Waals surface area contributed by atoms with Crippen LogP contribution in [0.2, 0.25) is 5.02 Å². The molecule has 1 rings (SSSR count). The summed E-state index contributed by atoms with van der Waals surface area (Å²) in [5.41, 5.74) is 0.841. The first-order valence-electron chi connectivity index (χ1n) is 5.20. The Bertz CT molecular complexity index is 395. The normalized spacial score (nSPS) is 12.0. The summed E-state index contributed by atoms with van der Waals surface area (Å²) in [4.78, 5) is 11.3. The zero-order valence-corrected chi connectivity index (χ0v) is 10.9. The van der Waals surface area contributed by atoms with Crippen molar-refractivity contribution >= 4 is 17.6 Å². The molecular weight excluding hydrogens is 242 g/mol. The number of rotatable bonds is 5. The average Bonchev–Trinajstić information content (AvgIpc) is 2.35. The van der Waals surface area contributed by atoms with E-state index in [2.05, 4.69) is 10.1 Å². The molecule has 1 N–H and O–H groups in total. The second kappa shape index (κ2) is 6.47. The Morgan fingerprint density at radius 1 is 1.47 bits per heavy atom. The molecule has 1 unspecified atom stereocenters.